The molecule has 28 heavy (non-hydrogen) atoms. The molecule has 1 fully saturated rings. The van der Waals surface area contributed by atoms with Crippen molar-refractivity contribution in [3.63, 3.8) is 0 Å². The van der Waals surface area contributed by atoms with E-state index in [9.17, 15) is 18.0 Å². The molecule has 1 saturated heterocycles. The molecule has 1 aromatic heterocycles. The zero-order chi connectivity index (χ0) is 20.1. The van der Waals surface area contributed by atoms with Crippen LogP contribution in [0, 0.1) is 0 Å². The minimum absolute atomic E-state index is 0.123. The number of halogens is 3. The first-order valence-electron chi connectivity index (χ1n) is 8.32. The monoisotopic (exact) mass is 398 g/mol. The van der Waals surface area contributed by atoms with E-state index in [1.165, 1.54) is 30.5 Å². The number of carbonyl (C=O) groups is 1. The maximum atomic E-state index is 12.2. The van der Waals surface area contributed by atoms with Crippen molar-refractivity contribution in [2.24, 2.45) is 0 Å². The summed E-state index contributed by atoms with van der Waals surface area (Å²) in [6.45, 7) is 1.13. The molecule has 2 heterocycles. The predicted molar refractivity (Wildman–Crippen MR) is 91.3 cm³/mol. The zero-order valence-corrected chi connectivity index (χ0v) is 14.6. The molecule has 10 heteroatoms. The summed E-state index contributed by atoms with van der Waals surface area (Å²) in [6.07, 6.45) is -2.54. The van der Waals surface area contributed by atoms with Gasteiger partial charge in [0.15, 0.2) is 6.10 Å². The van der Waals surface area contributed by atoms with Gasteiger partial charge in [0.25, 0.3) is 0 Å². The molecule has 1 unspecified atom stereocenters. The van der Waals surface area contributed by atoms with E-state index in [1.807, 2.05) is 4.90 Å². The molecule has 1 aliphatic heterocycles. The van der Waals surface area contributed by atoms with Gasteiger partial charge in [0.1, 0.15) is 18.1 Å². The number of pyridine rings is 1. The van der Waals surface area contributed by atoms with E-state index in [2.05, 4.69) is 9.72 Å². The molecule has 0 saturated carbocycles. The SMILES string of the molecule is O=C(O)C1CN(c2cncc(OCc3ccc(OC(F)(F)F)cc3)c2)CCO1. The van der Waals surface area contributed by atoms with Gasteiger partial charge in [0.05, 0.1) is 31.2 Å². The lowest BCUT2D eigenvalue weighted by Gasteiger charge is -2.32. The standard InChI is InChI=1S/C18H17F3N2O5/c19-18(20,21)28-14-3-1-12(2-4-14)11-27-15-7-13(8-22-9-15)23-5-6-26-16(10-23)17(24)25/h1-4,7-9,16H,5-6,10-11H2,(H,24,25). The summed E-state index contributed by atoms with van der Waals surface area (Å²) >= 11 is 0. The second-order valence-corrected chi connectivity index (χ2v) is 6.00. The highest BCUT2D eigenvalue weighted by molar-refractivity contribution is 5.73. The lowest BCUT2D eigenvalue weighted by Crippen LogP contribution is -2.46. The molecule has 0 bridgehead atoms. The fraction of sp³-hybridized carbons (Fsp3) is 0.333. The van der Waals surface area contributed by atoms with Gasteiger partial charge in [-0.15, -0.1) is 13.2 Å². The number of anilines is 1. The van der Waals surface area contributed by atoms with Crippen LogP contribution in [-0.4, -0.2) is 48.2 Å². The van der Waals surface area contributed by atoms with E-state index in [0.29, 0.717) is 23.5 Å². The summed E-state index contributed by atoms with van der Waals surface area (Å²) in [5, 5.41) is 9.09. The van der Waals surface area contributed by atoms with Crippen molar-refractivity contribution in [2.75, 3.05) is 24.6 Å². The lowest BCUT2D eigenvalue weighted by molar-refractivity contribution is -0.274. The third kappa shape index (κ3) is 5.49. The molecule has 2 aromatic rings. The van der Waals surface area contributed by atoms with Crippen LogP contribution in [0.25, 0.3) is 0 Å². The van der Waals surface area contributed by atoms with E-state index in [4.69, 9.17) is 14.6 Å². The molecule has 0 spiro atoms. The third-order valence-corrected chi connectivity index (χ3v) is 3.97. The van der Waals surface area contributed by atoms with Gasteiger partial charge in [-0.25, -0.2) is 4.79 Å². The first-order valence-corrected chi connectivity index (χ1v) is 8.32. The quantitative estimate of drug-likeness (QED) is 0.801. The summed E-state index contributed by atoms with van der Waals surface area (Å²) in [4.78, 5) is 17.0. The molecule has 1 atom stereocenters. The highest BCUT2D eigenvalue weighted by Crippen LogP contribution is 2.25. The van der Waals surface area contributed by atoms with E-state index in [1.54, 1.807) is 12.3 Å². The van der Waals surface area contributed by atoms with Crippen molar-refractivity contribution in [2.45, 2.75) is 19.1 Å². The number of aliphatic carboxylic acids is 1. The van der Waals surface area contributed by atoms with Crippen LogP contribution in [0.1, 0.15) is 5.56 Å². The second-order valence-electron chi connectivity index (χ2n) is 6.00. The Balaban J connectivity index is 1.59. The number of nitrogens with zero attached hydrogens (tertiary/aromatic N) is 2. The van der Waals surface area contributed by atoms with Crippen LogP contribution < -0.4 is 14.4 Å². The Bertz CT molecular complexity index is 814. The summed E-state index contributed by atoms with van der Waals surface area (Å²) in [6, 6.07) is 7.08. The smallest absolute Gasteiger partial charge is 0.487 e. The minimum atomic E-state index is -4.73. The Labute approximate surface area is 158 Å². The van der Waals surface area contributed by atoms with Gasteiger partial charge in [0, 0.05) is 12.6 Å². The molecular formula is C18H17F3N2O5. The Hall–Kier alpha value is -3.01. The first kappa shape index (κ1) is 19.7. The molecule has 0 radical (unpaired) electrons. The maximum absolute atomic E-state index is 12.2. The van der Waals surface area contributed by atoms with Crippen LogP contribution in [0.2, 0.25) is 0 Å². The van der Waals surface area contributed by atoms with Crippen LogP contribution in [-0.2, 0) is 16.1 Å². The normalized spacial score (nSPS) is 17.2. The number of carboxylic acid groups (broad SMARTS) is 1. The molecule has 0 aliphatic carbocycles. The fourth-order valence-electron chi connectivity index (χ4n) is 2.65. The Kier molecular flexibility index (Phi) is 5.88. The summed E-state index contributed by atoms with van der Waals surface area (Å²) < 4.78 is 51.2. The van der Waals surface area contributed by atoms with Crippen molar-refractivity contribution in [3.8, 4) is 11.5 Å². The van der Waals surface area contributed by atoms with E-state index in [0.717, 1.165) is 0 Å². The molecule has 1 aliphatic rings. The van der Waals surface area contributed by atoms with Gasteiger partial charge < -0.3 is 24.2 Å². The number of hydrogen-bond donors (Lipinski definition) is 1. The average molecular weight is 398 g/mol. The second kappa shape index (κ2) is 8.34. The third-order valence-electron chi connectivity index (χ3n) is 3.97. The van der Waals surface area contributed by atoms with Crippen LogP contribution >= 0.6 is 0 Å². The minimum Gasteiger partial charge on any atom is -0.487 e. The van der Waals surface area contributed by atoms with Crippen LogP contribution in [0.4, 0.5) is 18.9 Å². The van der Waals surface area contributed by atoms with Crippen molar-refractivity contribution in [1.29, 1.82) is 0 Å². The van der Waals surface area contributed by atoms with Crippen LogP contribution in [0.5, 0.6) is 11.5 Å². The molecule has 3 rings (SSSR count). The largest absolute Gasteiger partial charge is 0.573 e. The van der Waals surface area contributed by atoms with Crippen molar-refractivity contribution in [1.82, 2.24) is 4.98 Å². The predicted octanol–water partition coefficient (Wildman–Crippen LogP) is 2.85. The Morgan fingerprint density at radius 1 is 1.25 bits per heavy atom. The summed E-state index contributed by atoms with van der Waals surface area (Å²) in [5.41, 5.74) is 1.35. The van der Waals surface area contributed by atoms with Gasteiger partial charge in [-0.3, -0.25) is 4.98 Å². The molecule has 150 valence electrons. The number of ether oxygens (including phenoxy) is 3. The van der Waals surface area contributed by atoms with Crippen LogP contribution in [0.3, 0.4) is 0 Å². The number of morpholine rings is 1. The average Bonchev–Trinajstić information content (AvgIpc) is 2.66. The highest BCUT2D eigenvalue weighted by Gasteiger charge is 2.31. The topological polar surface area (TPSA) is 81.1 Å². The Morgan fingerprint density at radius 2 is 2.00 bits per heavy atom. The lowest BCUT2D eigenvalue weighted by atomic mass is 10.2. The number of rotatable bonds is 6. The molecule has 0 amide bonds. The van der Waals surface area contributed by atoms with Gasteiger partial charge in [0.2, 0.25) is 0 Å². The number of hydrogen-bond acceptors (Lipinski definition) is 6. The van der Waals surface area contributed by atoms with Crippen LogP contribution in [0.15, 0.2) is 42.7 Å². The fourth-order valence-corrected chi connectivity index (χ4v) is 2.65. The molecular weight excluding hydrogens is 381 g/mol. The highest BCUT2D eigenvalue weighted by atomic mass is 19.4. The molecule has 7 nitrogen and oxygen atoms in total. The van der Waals surface area contributed by atoms with E-state index >= 15 is 0 Å². The van der Waals surface area contributed by atoms with Crippen molar-refractivity contribution >= 4 is 11.7 Å². The number of aromatic nitrogens is 1. The maximum Gasteiger partial charge on any atom is 0.573 e. The van der Waals surface area contributed by atoms with Gasteiger partial charge in [-0.05, 0) is 17.7 Å². The van der Waals surface area contributed by atoms with E-state index in [-0.39, 0.29) is 25.5 Å². The van der Waals surface area contributed by atoms with E-state index < -0.39 is 18.4 Å². The first-order chi connectivity index (χ1) is 13.3. The summed E-state index contributed by atoms with van der Waals surface area (Å²) in [5.74, 6) is -0.880. The van der Waals surface area contributed by atoms with Gasteiger partial charge in [-0.2, -0.15) is 0 Å². The van der Waals surface area contributed by atoms with Crippen molar-refractivity contribution in [3.05, 3.63) is 48.3 Å². The number of carboxylic acids is 1. The Morgan fingerprint density at radius 3 is 2.68 bits per heavy atom. The number of benzene rings is 1. The van der Waals surface area contributed by atoms with Gasteiger partial charge >= 0.3 is 12.3 Å². The zero-order valence-electron chi connectivity index (χ0n) is 14.6. The molecule has 1 aromatic carbocycles. The summed E-state index contributed by atoms with van der Waals surface area (Å²) in [7, 11) is 0. The van der Waals surface area contributed by atoms with Crippen molar-refractivity contribution < 1.29 is 37.3 Å². The molecule has 1 N–H and O–H groups in total. The van der Waals surface area contributed by atoms with Gasteiger partial charge in [-0.1, -0.05) is 12.1 Å². The number of alkyl halides is 3.